The minimum absolute atomic E-state index is 0.0287. The van der Waals surface area contributed by atoms with Crippen LogP contribution in [0, 0.1) is 0 Å². The van der Waals surface area contributed by atoms with Gasteiger partial charge in [0.2, 0.25) is 0 Å². The smallest absolute Gasteiger partial charge is 0.261 e. The summed E-state index contributed by atoms with van der Waals surface area (Å²) >= 11 is 0. The van der Waals surface area contributed by atoms with Crippen LogP contribution in [-0.4, -0.2) is 23.9 Å². The number of hydrogen-bond acceptors (Lipinski definition) is 5. The van der Waals surface area contributed by atoms with Gasteiger partial charge in [-0.1, -0.05) is 0 Å². The third-order valence-electron chi connectivity index (χ3n) is 1.65. The fraction of sp³-hybridized carbons (Fsp3) is 0.143. The SMILES string of the molecule is COc1cc(S(=O)(=O)Cl)cc(S(=O)(=O)Cl)c1. The summed E-state index contributed by atoms with van der Waals surface area (Å²) < 4.78 is 48.9. The molecule has 1 aromatic carbocycles. The Morgan fingerprint density at radius 1 is 0.938 bits per heavy atom. The van der Waals surface area contributed by atoms with Gasteiger partial charge in [0.25, 0.3) is 18.1 Å². The lowest BCUT2D eigenvalue weighted by Gasteiger charge is -2.04. The number of halogens is 2. The van der Waals surface area contributed by atoms with E-state index < -0.39 is 27.9 Å². The third kappa shape index (κ3) is 3.24. The largest absolute Gasteiger partial charge is 0.497 e. The monoisotopic (exact) mass is 304 g/mol. The lowest BCUT2D eigenvalue weighted by molar-refractivity contribution is 0.412. The molecule has 0 spiro atoms. The molecule has 0 aliphatic heterocycles. The van der Waals surface area contributed by atoms with E-state index in [0.29, 0.717) is 0 Å². The van der Waals surface area contributed by atoms with Gasteiger partial charge in [-0.05, 0) is 6.07 Å². The van der Waals surface area contributed by atoms with E-state index in [0.717, 1.165) is 18.2 Å². The molecule has 0 atom stereocenters. The first-order valence-corrected chi connectivity index (χ1v) is 8.35. The lowest BCUT2D eigenvalue weighted by atomic mass is 10.3. The quantitative estimate of drug-likeness (QED) is 0.792. The van der Waals surface area contributed by atoms with Crippen molar-refractivity contribution >= 4 is 39.5 Å². The molecule has 16 heavy (non-hydrogen) atoms. The zero-order valence-electron chi connectivity index (χ0n) is 7.85. The van der Waals surface area contributed by atoms with Gasteiger partial charge < -0.3 is 4.74 Å². The predicted molar refractivity (Wildman–Crippen MR) is 59.1 cm³/mol. The van der Waals surface area contributed by atoms with E-state index in [4.69, 9.17) is 26.1 Å². The van der Waals surface area contributed by atoms with E-state index in [-0.39, 0.29) is 5.75 Å². The Balaban J connectivity index is 3.58. The van der Waals surface area contributed by atoms with E-state index >= 15 is 0 Å². The Morgan fingerprint density at radius 3 is 1.56 bits per heavy atom. The maximum atomic E-state index is 11.1. The molecule has 0 aromatic heterocycles. The third-order valence-corrected chi connectivity index (χ3v) is 4.32. The van der Waals surface area contributed by atoms with E-state index in [9.17, 15) is 16.8 Å². The molecule has 0 aliphatic carbocycles. The molecule has 5 nitrogen and oxygen atoms in total. The second-order valence-corrected chi connectivity index (χ2v) is 7.85. The summed E-state index contributed by atoms with van der Waals surface area (Å²) in [4.78, 5) is -0.791. The van der Waals surface area contributed by atoms with Crippen molar-refractivity contribution in [1.82, 2.24) is 0 Å². The molecule has 90 valence electrons. The fourth-order valence-corrected chi connectivity index (χ4v) is 2.60. The number of hydrogen-bond donors (Lipinski definition) is 0. The van der Waals surface area contributed by atoms with Crippen molar-refractivity contribution in [2.24, 2.45) is 0 Å². The highest BCUT2D eigenvalue weighted by atomic mass is 35.7. The minimum Gasteiger partial charge on any atom is -0.497 e. The Bertz CT molecular complexity index is 555. The van der Waals surface area contributed by atoms with Gasteiger partial charge in [0.1, 0.15) is 5.75 Å². The molecule has 9 heteroatoms. The Hall–Kier alpha value is -0.500. The van der Waals surface area contributed by atoms with Gasteiger partial charge >= 0.3 is 0 Å². The summed E-state index contributed by atoms with van der Waals surface area (Å²) in [6, 6.07) is 3.04. The average Bonchev–Trinajstić information content (AvgIpc) is 2.14. The topological polar surface area (TPSA) is 77.5 Å². The molecule has 0 saturated heterocycles. The van der Waals surface area contributed by atoms with Crippen LogP contribution in [0.2, 0.25) is 0 Å². The van der Waals surface area contributed by atoms with Gasteiger partial charge in [-0.2, -0.15) is 0 Å². The van der Waals surface area contributed by atoms with Crippen molar-refractivity contribution in [3.63, 3.8) is 0 Å². The summed E-state index contributed by atoms with van der Waals surface area (Å²) in [5, 5.41) is 0. The van der Waals surface area contributed by atoms with Gasteiger partial charge in [0.05, 0.1) is 16.9 Å². The molecule has 0 radical (unpaired) electrons. The second kappa shape index (κ2) is 4.40. The Kier molecular flexibility index (Phi) is 3.73. The van der Waals surface area contributed by atoms with E-state index in [2.05, 4.69) is 0 Å². The van der Waals surface area contributed by atoms with Crippen molar-refractivity contribution in [2.75, 3.05) is 7.11 Å². The summed E-state index contributed by atoms with van der Waals surface area (Å²) in [5.41, 5.74) is 0. The molecular weight excluding hydrogens is 299 g/mol. The first-order valence-electron chi connectivity index (χ1n) is 3.73. The molecule has 0 heterocycles. The highest BCUT2D eigenvalue weighted by Crippen LogP contribution is 2.27. The molecule has 1 rings (SSSR count). The molecule has 0 N–H and O–H groups in total. The molecule has 1 aromatic rings. The average molecular weight is 305 g/mol. The van der Waals surface area contributed by atoms with Crippen LogP contribution in [0.3, 0.4) is 0 Å². The summed E-state index contributed by atoms with van der Waals surface area (Å²) in [7, 11) is 3.33. The van der Waals surface area contributed by atoms with Crippen LogP contribution in [0.4, 0.5) is 0 Å². The molecule has 0 unspecified atom stereocenters. The molecule has 0 fully saturated rings. The van der Waals surface area contributed by atoms with Crippen LogP contribution >= 0.6 is 21.4 Å². The minimum atomic E-state index is -4.05. The van der Waals surface area contributed by atoms with Crippen molar-refractivity contribution in [3.8, 4) is 5.75 Å². The highest BCUT2D eigenvalue weighted by Gasteiger charge is 2.18. The van der Waals surface area contributed by atoms with E-state index in [1.807, 2.05) is 0 Å². The number of rotatable bonds is 3. The van der Waals surface area contributed by atoms with Crippen LogP contribution < -0.4 is 4.74 Å². The zero-order chi connectivity index (χ0) is 12.6. The van der Waals surface area contributed by atoms with Crippen molar-refractivity contribution < 1.29 is 21.6 Å². The lowest BCUT2D eigenvalue weighted by Crippen LogP contribution is -1.98. The number of benzene rings is 1. The maximum absolute atomic E-state index is 11.1. The zero-order valence-corrected chi connectivity index (χ0v) is 11.0. The standard InChI is InChI=1S/C7H6Cl2O5S2/c1-14-5-2-6(15(8,10)11)4-7(3-5)16(9,12)13/h2-4H,1H3. The normalized spacial score (nSPS) is 12.4. The number of ether oxygens (including phenoxy) is 1. The fourth-order valence-electron chi connectivity index (χ4n) is 0.945. The second-order valence-electron chi connectivity index (χ2n) is 2.72. The summed E-state index contributed by atoms with van der Waals surface area (Å²) in [5.74, 6) is 0.0287. The van der Waals surface area contributed by atoms with Gasteiger partial charge in [-0.3, -0.25) is 0 Å². The predicted octanol–water partition coefficient (Wildman–Crippen LogP) is 1.55. The van der Waals surface area contributed by atoms with E-state index in [1.165, 1.54) is 7.11 Å². The van der Waals surface area contributed by atoms with Crippen LogP contribution in [0.25, 0.3) is 0 Å². The summed E-state index contributed by atoms with van der Waals surface area (Å²) in [6.07, 6.45) is 0. The first kappa shape index (κ1) is 13.6. The molecule has 0 amide bonds. The van der Waals surface area contributed by atoms with Gasteiger partial charge in [-0.25, -0.2) is 16.8 Å². The van der Waals surface area contributed by atoms with Gasteiger partial charge in [0, 0.05) is 33.5 Å². The molecule has 0 aliphatic rings. The van der Waals surface area contributed by atoms with Crippen molar-refractivity contribution in [2.45, 2.75) is 9.79 Å². The maximum Gasteiger partial charge on any atom is 0.261 e. The highest BCUT2D eigenvalue weighted by molar-refractivity contribution is 8.14. The molecule has 0 bridgehead atoms. The Labute approximate surface area is 102 Å². The van der Waals surface area contributed by atoms with Crippen LogP contribution in [-0.2, 0) is 18.1 Å². The Morgan fingerprint density at radius 2 is 1.31 bits per heavy atom. The van der Waals surface area contributed by atoms with Gasteiger partial charge in [0.15, 0.2) is 0 Å². The number of methoxy groups -OCH3 is 1. The molecular formula is C7H6Cl2O5S2. The van der Waals surface area contributed by atoms with Crippen LogP contribution in [0.5, 0.6) is 5.75 Å². The van der Waals surface area contributed by atoms with Crippen molar-refractivity contribution in [3.05, 3.63) is 18.2 Å². The van der Waals surface area contributed by atoms with E-state index in [1.54, 1.807) is 0 Å². The van der Waals surface area contributed by atoms with Crippen LogP contribution in [0.1, 0.15) is 0 Å². The van der Waals surface area contributed by atoms with Crippen molar-refractivity contribution in [1.29, 1.82) is 0 Å². The van der Waals surface area contributed by atoms with Gasteiger partial charge in [-0.15, -0.1) is 0 Å². The molecule has 0 saturated carbocycles. The first-order chi connectivity index (χ1) is 7.14. The van der Waals surface area contributed by atoms with Crippen LogP contribution in [0.15, 0.2) is 28.0 Å². The summed E-state index contributed by atoms with van der Waals surface area (Å²) in [6.45, 7) is 0.